The molecule has 1 fully saturated rings. The van der Waals surface area contributed by atoms with Gasteiger partial charge in [-0.15, -0.1) is 0 Å². The number of fused-ring (bicyclic) bond motifs is 1. The Kier molecular flexibility index (Phi) is 4.72. The fraction of sp³-hybridized carbons (Fsp3) is 0.500. The highest BCUT2D eigenvalue weighted by Crippen LogP contribution is 2.29. The number of piperazine rings is 1. The van der Waals surface area contributed by atoms with E-state index in [1.807, 2.05) is 6.92 Å². The van der Waals surface area contributed by atoms with Crippen molar-refractivity contribution < 1.29 is 4.74 Å². The van der Waals surface area contributed by atoms with Gasteiger partial charge in [-0.25, -0.2) is 4.98 Å². The van der Waals surface area contributed by atoms with Crippen LogP contribution in [-0.2, 0) is 12.8 Å². The van der Waals surface area contributed by atoms with Gasteiger partial charge in [-0.2, -0.15) is 4.98 Å². The van der Waals surface area contributed by atoms with Crippen molar-refractivity contribution in [3.8, 4) is 5.88 Å². The van der Waals surface area contributed by atoms with Crippen LogP contribution in [0.4, 0.5) is 11.6 Å². The van der Waals surface area contributed by atoms with Crippen molar-refractivity contribution in [2.45, 2.75) is 32.6 Å². The molecule has 0 atom stereocenters. The largest absolute Gasteiger partial charge is 0.478 e. The minimum absolute atomic E-state index is 0.657. The summed E-state index contributed by atoms with van der Waals surface area (Å²) in [6.07, 6.45) is 4.53. The summed E-state index contributed by atoms with van der Waals surface area (Å²) in [6, 6.07) is 10.6. The molecule has 2 aromatic rings. The molecule has 1 aliphatic heterocycles. The van der Waals surface area contributed by atoms with Crippen LogP contribution in [0, 0.1) is 0 Å². The Balaban J connectivity index is 1.52. The summed E-state index contributed by atoms with van der Waals surface area (Å²) in [4.78, 5) is 14.4. The molecule has 0 amide bonds. The Hall–Kier alpha value is -2.30. The maximum atomic E-state index is 5.84. The molecule has 0 spiro atoms. The van der Waals surface area contributed by atoms with Crippen molar-refractivity contribution in [2.24, 2.45) is 0 Å². The van der Waals surface area contributed by atoms with E-state index in [4.69, 9.17) is 14.7 Å². The second-order valence-electron chi connectivity index (χ2n) is 6.70. The summed E-state index contributed by atoms with van der Waals surface area (Å²) in [5.74, 6) is 1.66. The SMILES string of the molecule is CCOc1nc(N2CCN(c3ccccc3)CC2)nc2c1CCCC2. The van der Waals surface area contributed by atoms with Crippen molar-refractivity contribution >= 4 is 11.6 Å². The molecule has 132 valence electrons. The molecule has 0 bridgehead atoms. The fourth-order valence-corrected chi connectivity index (χ4v) is 3.75. The second-order valence-corrected chi connectivity index (χ2v) is 6.70. The van der Waals surface area contributed by atoms with Crippen LogP contribution in [0.1, 0.15) is 31.0 Å². The summed E-state index contributed by atoms with van der Waals surface area (Å²) < 4.78 is 5.84. The predicted molar refractivity (Wildman–Crippen MR) is 101 cm³/mol. The highest BCUT2D eigenvalue weighted by Gasteiger charge is 2.24. The molecule has 25 heavy (non-hydrogen) atoms. The third-order valence-electron chi connectivity index (χ3n) is 5.10. The van der Waals surface area contributed by atoms with E-state index >= 15 is 0 Å². The number of nitrogens with zero attached hydrogens (tertiary/aromatic N) is 4. The van der Waals surface area contributed by atoms with Gasteiger partial charge in [0.05, 0.1) is 12.3 Å². The minimum atomic E-state index is 0.657. The van der Waals surface area contributed by atoms with E-state index in [9.17, 15) is 0 Å². The summed E-state index contributed by atoms with van der Waals surface area (Å²) in [5.41, 5.74) is 3.73. The zero-order valence-corrected chi connectivity index (χ0v) is 14.9. The van der Waals surface area contributed by atoms with Crippen LogP contribution < -0.4 is 14.5 Å². The fourth-order valence-electron chi connectivity index (χ4n) is 3.75. The summed E-state index contributed by atoms with van der Waals surface area (Å²) in [5, 5.41) is 0. The summed E-state index contributed by atoms with van der Waals surface area (Å²) in [7, 11) is 0. The lowest BCUT2D eigenvalue weighted by molar-refractivity contribution is 0.319. The quantitative estimate of drug-likeness (QED) is 0.857. The van der Waals surface area contributed by atoms with E-state index in [2.05, 4.69) is 40.1 Å². The number of anilines is 2. The third kappa shape index (κ3) is 3.41. The van der Waals surface area contributed by atoms with Crippen LogP contribution in [0.2, 0.25) is 0 Å². The number of benzene rings is 1. The molecule has 2 heterocycles. The lowest BCUT2D eigenvalue weighted by Crippen LogP contribution is -2.47. The summed E-state index contributed by atoms with van der Waals surface area (Å²) in [6.45, 7) is 6.56. The average Bonchev–Trinajstić information content (AvgIpc) is 2.69. The minimum Gasteiger partial charge on any atom is -0.478 e. The second kappa shape index (κ2) is 7.30. The first kappa shape index (κ1) is 16.2. The molecule has 1 saturated heterocycles. The number of hydrogen-bond acceptors (Lipinski definition) is 5. The number of ether oxygens (including phenoxy) is 1. The lowest BCUT2D eigenvalue weighted by atomic mass is 9.97. The van der Waals surface area contributed by atoms with E-state index in [0.29, 0.717) is 6.61 Å². The molecular formula is C20H26N4O. The molecule has 0 unspecified atom stereocenters. The van der Waals surface area contributed by atoms with Crippen LogP contribution in [0.25, 0.3) is 0 Å². The van der Waals surface area contributed by atoms with Crippen molar-refractivity contribution in [2.75, 3.05) is 42.6 Å². The molecule has 0 radical (unpaired) electrons. The van der Waals surface area contributed by atoms with E-state index in [-0.39, 0.29) is 0 Å². The Morgan fingerprint density at radius 3 is 2.40 bits per heavy atom. The van der Waals surface area contributed by atoms with Crippen molar-refractivity contribution in [3.05, 3.63) is 41.6 Å². The van der Waals surface area contributed by atoms with Crippen LogP contribution in [0.3, 0.4) is 0 Å². The molecule has 5 heteroatoms. The number of rotatable bonds is 4. The monoisotopic (exact) mass is 338 g/mol. The number of para-hydroxylation sites is 1. The standard InChI is InChI=1S/C20H26N4O/c1-2-25-19-17-10-6-7-11-18(17)21-20(22-19)24-14-12-23(13-15-24)16-8-4-3-5-9-16/h3-5,8-9H,2,6-7,10-15H2,1H3. The van der Waals surface area contributed by atoms with Crippen LogP contribution in [0.15, 0.2) is 30.3 Å². The zero-order valence-electron chi connectivity index (χ0n) is 14.9. The van der Waals surface area contributed by atoms with Gasteiger partial charge >= 0.3 is 0 Å². The Morgan fingerprint density at radius 1 is 0.920 bits per heavy atom. The average molecular weight is 338 g/mol. The molecule has 1 aliphatic carbocycles. The van der Waals surface area contributed by atoms with Crippen LogP contribution >= 0.6 is 0 Å². The van der Waals surface area contributed by atoms with Crippen molar-refractivity contribution in [1.82, 2.24) is 9.97 Å². The smallest absolute Gasteiger partial charge is 0.229 e. The van der Waals surface area contributed by atoms with Gasteiger partial charge in [0, 0.05) is 37.4 Å². The third-order valence-corrected chi connectivity index (χ3v) is 5.10. The highest BCUT2D eigenvalue weighted by molar-refractivity contribution is 5.49. The Morgan fingerprint density at radius 2 is 1.64 bits per heavy atom. The normalized spacial score (nSPS) is 17.3. The van der Waals surface area contributed by atoms with Gasteiger partial charge in [0.15, 0.2) is 0 Å². The van der Waals surface area contributed by atoms with Gasteiger partial charge in [-0.05, 0) is 44.7 Å². The molecule has 1 aromatic carbocycles. The van der Waals surface area contributed by atoms with Crippen LogP contribution in [0.5, 0.6) is 5.88 Å². The number of aromatic nitrogens is 2. The first-order chi connectivity index (χ1) is 12.3. The molecule has 5 nitrogen and oxygen atoms in total. The zero-order chi connectivity index (χ0) is 17.1. The molecule has 2 aliphatic rings. The van der Waals surface area contributed by atoms with Crippen LogP contribution in [-0.4, -0.2) is 42.8 Å². The first-order valence-corrected chi connectivity index (χ1v) is 9.42. The first-order valence-electron chi connectivity index (χ1n) is 9.42. The number of hydrogen-bond donors (Lipinski definition) is 0. The van der Waals surface area contributed by atoms with Gasteiger partial charge in [0.2, 0.25) is 11.8 Å². The Labute approximate surface area is 149 Å². The van der Waals surface area contributed by atoms with E-state index in [1.54, 1.807) is 0 Å². The molecule has 4 rings (SSSR count). The van der Waals surface area contributed by atoms with Gasteiger partial charge in [0.1, 0.15) is 0 Å². The maximum Gasteiger partial charge on any atom is 0.229 e. The van der Waals surface area contributed by atoms with E-state index in [0.717, 1.165) is 50.8 Å². The van der Waals surface area contributed by atoms with Gasteiger partial charge in [-0.3, -0.25) is 0 Å². The van der Waals surface area contributed by atoms with Gasteiger partial charge < -0.3 is 14.5 Å². The van der Waals surface area contributed by atoms with Gasteiger partial charge in [0.25, 0.3) is 0 Å². The van der Waals surface area contributed by atoms with Crippen molar-refractivity contribution in [3.63, 3.8) is 0 Å². The van der Waals surface area contributed by atoms with Crippen molar-refractivity contribution in [1.29, 1.82) is 0 Å². The van der Waals surface area contributed by atoms with E-state index < -0.39 is 0 Å². The number of aryl methyl sites for hydroxylation is 1. The molecule has 1 aromatic heterocycles. The molecular weight excluding hydrogens is 312 g/mol. The highest BCUT2D eigenvalue weighted by atomic mass is 16.5. The molecule has 0 saturated carbocycles. The maximum absolute atomic E-state index is 5.84. The predicted octanol–water partition coefficient (Wildman–Crippen LogP) is 3.08. The molecule has 0 N–H and O–H groups in total. The van der Waals surface area contributed by atoms with E-state index in [1.165, 1.54) is 29.8 Å². The Bertz CT molecular complexity index is 711. The topological polar surface area (TPSA) is 41.5 Å². The lowest BCUT2D eigenvalue weighted by Gasteiger charge is -2.36. The van der Waals surface area contributed by atoms with Gasteiger partial charge in [-0.1, -0.05) is 18.2 Å². The summed E-state index contributed by atoms with van der Waals surface area (Å²) >= 11 is 0.